The Labute approximate surface area is 179 Å². The lowest BCUT2D eigenvalue weighted by Crippen LogP contribution is -2.33. The van der Waals surface area contributed by atoms with E-state index in [1.807, 2.05) is 50.2 Å². The fourth-order valence-electron chi connectivity index (χ4n) is 3.67. The molecule has 1 aromatic heterocycles. The van der Waals surface area contributed by atoms with E-state index in [0.29, 0.717) is 17.9 Å². The van der Waals surface area contributed by atoms with Crippen LogP contribution in [0.25, 0.3) is 21.1 Å². The molecule has 0 saturated heterocycles. The van der Waals surface area contributed by atoms with Crippen LogP contribution in [0, 0.1) is 0 Å². The lowest BCUT2D eigenvalue weighted by molar-refractivity contribution is 0.244. The number of benzene rings is 2. The zero-order chi connectivity index (χ0) is 21.5. The monoisotopic (exact) mass is 445 g/mol. The van der Waals surface area contributed by atoms with Gasteiger partial charge in [-0.2, -0.15) is 13.1 Å². The van der Waals surface area contributed by atoms with Gasteiger partial charge in [0.1, 0.15) is 15.8 Å². The lowest BCUT2D eigenvalue weighted by atomic mass is 10.0. The molecule has 3 aromatic rings. The first-order valence-electron chi connectivity index (χ1n) is 9.53. The summed E-state index contributed by atoms with van der Waals surface area (Å²) in [6.45, 7) is 3.90. The fourth-order valence-corrected chi connectivity index (χ4v) is 5.20. The van der Waals surface area contributed by atoms with Crippen molar-refractivity contribution in [2.24, 2.45) is 5.14 Å². The Balaban J connectivity index is 1.64. The molecule has 0 spiro atoms. The van der Waals surface area contributed by atoms with E-state index in [2.05, 4.69) is 14.9 Å². The third kappa shape index (κ3) is 4.31. The highest BCUT2D eigenvalue weighted by Gasteiger charge is 2.28. The smallest absolute Gasteiger partial charge is 0.274 e. The van der Waals surface area contributed by atoms with E-state index in [0.717, 1.165) is 38.7 Å². The van der Waals surface area contributed by atoms with Gasteiger partial charge in [-0.15, -0.1) is 10.2 Å². The number of hydrogen-bond donors (Lipinski definition) is 3. The first-order chi connectivity index (χ1) is 14.2. The Hall–Kier alpha value is -2.53. The Morgan fingerprint density at radius 2 is 1.97 bits per heavy atom. The highest BCUT2D eigenvalue weighted by Crippen LogP contribution is 2.40. The van der Waals surface area contributed by atoms with Crippen LogP contribution in [0.3, 0.4) is 0 Å². The predicted octanol–water partition coefficient (Wildman–Crippen LogP) is 3.02. The number of hydrogen-bond acceptors (Lipinski definition) is 7. The third-order valence-electron chi connectivity index (χ3n) is 4.85. The van der Waals surface area contributed by atoms with Gasteiger partial charge in [0.05, 0.1) is 11.8 Å². The van der Waals surface area contributed by atoms with E-state index >= 15 is 0 Å². The largest absolute Gasteiger partial charge is 0.489 e. The summed E-state index contributed by atoms with van der Waals surface area (Å²) in [4.78, 5) is 0. The molecule has 0 amide bonds. The van der Waals surface area contributed by atoms with Gasteiger partial charge in [0.2, 0.25) is 0 Å². The molecule has 0 bridgehead atoms. The van der Waals surface area contributed by atoms with Crippen LogP contribution < -0.4 is 20.3 Å². The van der Waals surface area contributed by atoms with Crippen LogP contribution in [0.15, 0.2) is 36.4 Å². The third-order valence-corrected chi connectivity index (χ3v) is 6.47. The number of fused-ring (bicyclic) bond motifs is 1. The molecule has 4 rings (SSSR count). The van der Waals surface area contributed by atoms with Crippen LogP contribution in [-0.2, 0) is 16.6 Å². The van der Waals surface area contributed by atoms with Crippen molar-refractivity contribution < 1.29 is 13.2 Å². The second-order valence-electron chi connectivity index (χ2n) is 7.46. The van der Waals surface area contributed by atoms with Crippen molar-refractivity contribution in [1.29, 1.82) is 0 Å². The van der Waals surface area contributed by atoms with Gasteiger partial charge < -0.3 is 10.5 Å². The Morgan fingerprint density at radius 1 is 1.20 bits per heavy atom. The van der Waals surface area contributed by atoms with Crippen molar-refractivity contribution in [3.8, 4) is 26.9 Å². The minimum absolute atomic E-state index is 0.0408. The molecule has 1 atom stereocenters. The molecule has 0 fully saturated rings. The molecule has 1 aliphatic rings. The van der Waals surface area contributed by atoms with Gasteiger partial charge in [0, 0.05) is 17.2 Å². The molecule has 2 aromatic carbocycles. The quantitative estimate of drug-likeness (QED) is 0.500. The molecule has 0 radical (unpaired) electrons. The maximum absolute atomic E-state index is 11.4. The average Bonchev–Trinajstić information content (AvgIpc) is 3.29. The summed E-state index contributed by atoms with van der Waals surface area (Å²) >= 11 is 1.47. The number of anilines is 1. The molecule has 30 heavy (non-hydrogen) atoms. The topological polar surface area (TPSA) is 133 Å². The summed E-state index contributed by atoms with van der Waals surface area (Å²) in [5.74, 6) is 0.646. The first-order valence-corrected chi connectivity index (χ1v) is 11.9. The van der Waals surface area contributed by atoms with E-state index in [1.165, 1.54) is 11.3 Å². The molecule has 0 unspecified atom stereocenters. The fraction of sp³-hybridized carbons (Fsp3) is 0.300. The number of rotatable bonds is 6. The van der Waals surface area contributed by atoms with Crippen LogP contribution in [-0.4, -0.2) is 24.7 Å². The molecule has 5 N–H and O–H groups in total. The van der Waals surface area contributed by atoms with E-state index in [-0.39, 0.29) is 12.1 Å². The van der Waals surface area contributed by atoms with E-state index < -0.39 is 10.2 Å². The van der Waals surface area contributed by atoms with Crippen molar-refractivity contribution in [2.75, 3.05) is 5.73 Å². The van der Waals surface area contributed by atoms with Crippen LogP contribution in [0.1, 0.15) is 37.4 Å². The molecular weight excluding hydrogens is 422 g/mol. The summed E-state index contributed by atoms with van der Waals surface area (Å²) in [6, 6.07) is 11.1. The van der Waals surface area contributed by atoms with Crippen molar-refractivity contribution >= 4 is 27.2 Å². The highest BCUT2D eigenvalue weighted by atomic mass is 32.2. The first kappa shape index (κ1) is 20.7. The van der Waals surface area contributed by atoms with Gasteiger partial charge in [-0.1, -0.05) is 29.5 Å². The number of aromatic nitrogens is 2. The summed E-state index contributed by atoms with van der Waals surface area (Å²) in [6.07, 6.45) is 1.43. The second kappa shape index (κ2) is 7.95. The predicted molar refractivity (Wildman–Crippen MR) is 118 cm³/mol. The molecule has 10 heteroatoms. The maximum atomic E-state index is 11.4. The number of nitrogen functional groups attached to an aromatic ring is 1. The average molecular weight is 446 g/mol. The molecule has 8 nitrogen and oxygen atoms in total. The lowest BCUT2D eigenvalue weighted by Gasteiger charge is -2.12. The van der Waals surface area contributed by atoms with Gasteiger partial charge in [0.25, 0.3) is 10.2 Å². The van der Waals surface area contributed by atoms with Crippen molar-refractivity contribution in [2.45, 2.75) is 38.8 Å². The van der Waals surface area contributed by atoms with E-state index in [4.69, 9.17) is 15.6 Å². The van der Waals surface area contributed by atoms with Gasteiger partial charge in [-0.3, -0.25) is 0 Å². The van der Waals surface area contributed by atoms with Gasteiger partial charge >= 0.3 is 0 Å². The Bertz CT molecular complexity index is 1190. The van der Waals surface area contributed by atoms with Gasteiger partial charge in [-0.25, -0.2) is 5.14 Å². The van der Waals surface area contributed by atoms with E-state index in [9.17, 15) is 8.42 Å². The number of ether oxygens (including phenoxy) is 1. The normalized spacial score (nSPS) is 16.1. The van der Waals surface area contributed by atoms with Crippen LogP contribution in [0.4, 0.5) is 5.69 Å². The summed E-state index contributed by atoms with van der Waals surface area (Å²) in [5, 5.41) is 15.4. The van der Waals surface area contributed by atoms with Crippen molar-refractivity contribution in [3.63, 3.8) is 0 Å². The second-order valence-corrected chi connectivity index (χ2v) is 9.76. The molecule has 158 valence electrons. The van der Waals surface area contributed by atoms with Gasteiger partial charge in [-0.05, 0) is 56.0 Å². The SMILES string of the molecule is CC(C)Oc1ccc(-c2nnc(-c3cccc4c3CC[C@@H]4NS(N)(=O)=O)s2)cc1N. The number of nitrogens with zero attached hydrogens (tertiary/aromatic N) is 2. The standard InChI is InChI=1S/C20H23N5O3S2/c1-11(2)28-18-9-6-12(10-16(18)21)19-23-24-20(29-19)15-5-3-4-14-13(15)7-8-17(14)25-30(22,26)27/h3-6,9-11,17,25H,7-8,21H2,1-2H3,(H2,22,26,27)/t17-/m0/s1. The minimum atomic E-state index is -3.77. The van der Waals surface area contributed by atoms with Crippen LogP contribution in [0.2, 0.25) is 0 Å². The van der Waals surface area contributed by atoms with Crippen LogP contribution in [0.5, 0.6) is 5.75 Å². The molecule has 0 saturated carbocycles. The molecular formula is C20H23N5O3S2. The van der Waals surface area contributed by atoms with Crippen LogP contribution >= 0.6 is 11.3 Å². The maximum Gasteiger partial charge on any atom is 0.274 e. The van der Waals surface area contributed by atoms with Crippen molar-refractivity contribution in [3.05, 3.63) is 47.5 Å². The number of nitrogens with one attached hydrogen (secondary N) is 1. The van der Waals surface area contributed by atoms with E-state index in [1.54, 1.807) is 0 Å². The summed E-state index contributed by atoms with van der Waals surface area (Å²) < 4.78 is 31.1. The van der Waals surface area contributed by atoms with Gasteiger partial charge in [0.15, 0.2) is 0 Å². The molecule has 0 aliphatic heterocycles. The Kier molecular flexibility index (Phi) is 5.49. The zero-order valence-electron chi connectivity index (χ0n) is 16.6. The highest BCUT2D eigenvalue weighted by molar-refractivity contribution is 7.87. The molecule has 1 aliphatic carbocycles. The van der Waals surface area contributed by atoms with Crippen molar-refractivity contribution in [1.82, 2.24) is 14.9 Å². The summed E-state index contributed by atoms with van der Waals surface area (Å²) in [5.41, 5.74) is 10.5. The minimum Gasteiger partial charge on any atom is -0.489 e. The Morgan fingerprint density at radius 3 is 2.67 bits per heavy atom. The molecule has 1 heterocycles. The zero-order valence-corrected chi connectivity index (χ0v) is 18.3. The summed E-state index contributed by atoms with van der Waals surface area (Å²) in [7, 11) is -3.77. The number of nitrogens with two attached hydrogens (primary N) is 2.